The first-order valence-electron chi connectivity index (χ1n) is 6.91. The molecule has 0 aliphatic carbocycles. The van der Waals surface area contributed by atoms with Crippen LogP contribution in [0.4, 0.5) is 13.2 Å². The molecule has 2 unspecified atom stereocenters. The summed E-state index contributed by atoms with van der Waals surface area (Å²) in [5.41, 5.74) is 6.64. The van der Waals surface area contributed by atoms with Crippen molar-refractivity contribution in [2.24, 2.45) is 0 Å². The number of benzene rings is 1. The van der Waals surface area contributed by atoms with Gasteiger partial charge in [0.05, 0.1) is 0 Å². The predicted octanol–water partition coefficient (Wildman–Crippen LogP) is 1.50. The Balaban J connectivity index is 1.77. The number of nitrogens with one attached hydrogen (secondary N) is 3. The third-order valence-electron chi connectivity index (χ3n) is 3.20. The maximum Gasteiger partial charge on any atom is 0.422 e. The van der Waals surface area contributed by atoms with Crippen molar-refractivity contribution in [1.29, 1.82) is 0 Å². The molecule has 5 nitrogen and oxygen atoms in total. The van der Waals surface area contributed by atoms with Gasteiger partial charge in [-0.2, -0.15) is 13.2 Å². The van der Waals surface area contributed by atoms with Crippen LogP contribution in [0, 0.1) is 0 Å². The van der Waals surface area contributed by atoms with E-state index in [1.807, 2.05) is 6.92 Å². The Hall–Kier alpha value is -1.80. The summed E-state index contributed by atoms with van der Waals surface area (Å²) in [6.45, 7) is 0.965. The molecule has 1 heterocycles. The van der Waals surface area contributed by atoms with Crippen LogP contribution in [-0.2, 0) is 11.3 Å². The van der Waals surface area contributed by atoms with Crippen molar-refractivity contribution in [2.75, 3.05) is 6.61 Å². The number of hydrogen-bond donors (Lipinski definition) is 3. The van der Waals surface area contributed by atoms with E-state index in [1.54, 1.807) is 12.1 Å². The highest BCUT2D eigenvalue weighted by atomic mass is 19.4. The fourth-order valence-electron chi connectivity index (χ4n) is 2.07. The van der Waals surface area contributed by atoms with Crippen molar-refractivity contribution in [2.45, 2.75) is 38.1 Å². The quantitative estimate of drug-likeness (QED) is 0.770. The molecular formula is C14H18F3N3O2. The van der Waals surface area contributed by atoms with E-state index < -0.39 is 12.8 Å². The molecular weight excluding hydrogens is 299 g/mol. The predicted molar refractivity (Wildman–Crippen MR) is 74.0 cm³/mol. The zero-order valence-corrected chi connectivity index (χ0v) is 12.0. The van der Waals surface area contributed by atoms with Gasteiger partial charge in [-0.15, -0.1) is 0 Å². The van der Waals surface area contributed by atoms with Crippen LogP contribution in [0.3, 0.4) is 0 Å². The van der Waals surface area contributed by atoms with Crippen LogP contribution in [0.5, 0.6) is 5.75 Å². The van der Waals surface area contributed by atoms with E-state index in [-0.39, 0.29) is 23.7 Å². The summed E-state index contributed by atoms with van der Waals surface area (Å²) in [5.74, 6) is 0.0251. The smallest absolute Gasteiger partial charge is 0.422 e. The summed E-state index contributed by atoms with van der Waals surface area (Å²) in [7, 11) is 0. The Kier molecular flexibility index (Phi) is 5.25. The molecule has 8 heteroatoms. The van der Waals surface area contributed by atoms with Gasteiger partial charge in [0.15, 0.2) is 6.61 Å². The summed E-state index contributed by atoms with van der Waals surface area (Å²) in [4.78, 5) is 11.9. The largest absolute Gasteiger partial charge is 0.484 e. The van der Waals surface area contributed by atoms with Gasteiger partial charge in [0.25, 0.3) is 0 Å². The van der Waals surface area contributed by atoms with Gasteiger partial charge in [0.1, 0.15) is 11.8 Å². The van der Waals surface area contributed by atoms with Crippen molar-refractivity contribution in [3.63, 3.8) is 0 Å². The lowest BCUT2D eigenvalue weighted by atomic mass is 10.1. The number of ether oxygens (including phenoxy) is 1. The van der Waals surface area contributed by atoms with E-state index in [1.165, 1.54) is 12.1 Å². The van der Waals surface area contributed by atoms with E-state index >= 15 is 0 Å². The van der Waals surface area contributed by atoms with Gasteiger partial charge in [-0.1, -0.05) is 12.1 Å². The summed E-state index contributed by atoms with van der Waals surface area (Å²) in [6, 6.07) is 6.10. The van der Waals surface area contributed by atoms with Crippen molar-refractivity contribution in [1.82, 2.24) is 16.2 Å². The minimum atomic E-state index is -4.36. The van der Waals surface area contributed by atoms with Crippen molar-refractivity contribution >= 4 is 5.91 Å². The van der Waals surface area contributed by atoms with Gasteiger partial charge in [0.2, 0.25) is 5.91 Å². The second-order valence-electron chi connectivity index (χ2n) is 5.24. The summed E-state index contributed by atoms with van der Waals surface area (Å²) >= 11 is 0. The lowest BCUT2D eigenvalue weighted by Gasteiger charge is -2.12. The molecule has 0 bridgehead atoms. The Morgan fingerprint density at radius 3 is 2.55 bits per heavy atom. The molecule has 0 saturated carbocycles. The Bertz CT molecular complexity index is 505. The summed E-state index contributed by atoms with van der Waals surface area (Å²) in [5, 5.41) is 2.77. The molecule has 2 rings (SSSR count). The number of carbonyl (C=O) groups is 1. The van der Waals surface area contributed by atoms with Crippen LogP contribution >= 0.6 is 0 Å². The maximum atomic E-state index is 12.0. The summed E-state index contributed by atoms with van der Waals surface area (Å²) in [6.07, 6.45) is -3.65. The first-order chi connectivity index (χ1) is 10.3. The maximum absolute atomic E-state index is 12.0. The van der Waals surface area contributed by atoms with Crippen molar-refractivity contribution in [3.05, 3.63) is 29.8 Å². The normalized spacial score (nSPS) is 21.6. The highest BCUT2D eigenvalue weighted by Gasteiger charge is 2.28. The van der Waals surface area contributed by atoms with E-state index in [0.29, 0.717) is 13.0 Å². The lowest BCUT2D eigenvalue weighted by Crippen LogP contribution is -2.43. The van der Waals surface area contributed by atoms with E-state index in [0.717, 1.165) is 5.56 Å². The van der Waals surface area contributed by atoms with E-state index in [2.05, 4.69) is 20.9 Å². The van der Waals surface area contributed by atoms with Gasteiger partial charge in [-0.3, -0.25) is 10.2 Å². The minimum Gasteiger partial charge on any atom is -0.484 e. The molecule has 1 fully saturated rings. The Labute approximate surface area is 126 Å². The standard InChI is InChI=1S/C14H18F3N3O2/c1-9-6-12(20-19-9)13(21)18-7-10-2-4-11(5-3-10)22-8-14(15,16)17/h2-5,9,12,19-20H,6-8H2,1H3,(H,18,21). The van der Waals surface area contributed by atoms with Crippen LogP contribution in [0.15, 0.2) is 24.3 Å². The van der Waals surface area contributed by atoms with Crippen molar-refractivity contribution in [3.8, 4) is 5.75 Å². The molecule has 22 heavy (non-hydrogen) atoms. The second-order valence-corrected chi connectivity index (χ2v) is 5.24. The molecule has 3 N–H and O–H groups in total. The fourth-order valence-corrected chi connectivity index (χ4v) is 2.07. The minimum absolute atomic E-state index is 0.116. The molecule has 1 amide bonds. The number of hydrazine groups is 1. The van der Waals surface area contributed by atoms with Crippen LogP contribution in [0.2, 0.25) is 0 Å². The fraction of sp³-hybridized carbons (Fsp3) is 0.500. The van der Waals surface area contributed by atoms with Gasteiger partial charge < -0.3 is 10.1 Å². The van der Waals surface area contributed by atoms with Crippen LogP contribution < -0.4 is 20.9 Å². The number of alkyl halides is 3. The molecule has 0 aromatic heterocycles. The second kappa shape index (κ2) is 6.97. The average molecular weight is 317 g/mol. The number of hydrogen-bond acceptors (Lipinski definition) is 4. The third-order valence-corrected chi connectivity index (χ3v) is 3.20. The molecule has 1 aliphatic rings. The van der Waals surface area contributed by atoms with Crippen LogP contribution in [0.25, 0.3) is 0 Å². The zero-order valence-electron chi connectivity index (χ0n) is 12.0. The molecule has 0 radical (unpaired) electrons. The Morgan fingerprint density at radius 1 is 1.32 bits per heavy atom. The highest BCUT2D eigenvalue weighted by Crippen LogP contribution is 2.18. The molecule has 2 atom stereocenters. The first kappa shape index (κ1) is 16.6. The van der Waals surface area contributed by atoms with E-state index in [9.17, 15) is 18.0 Å². The molecule has 122 valence electrons. The van der Waals surface area contributed by atoms with Gasteiger partial charge in [-0.25, -0.2) is 5.43 Å². The number of halogens is 3. The average Bonchev–Trinajstić information content (AvgIpc) is 2.89. The summed E-state index contributed by atoms with van der Waals surface area (Å²) < 4.78 is 40.7. The molecule has 1 aromatic carbocycles. The van der Waals surface area contributed by atoms with Crippen molar-refractivity contribution < 1.29 is 22.7 Å². The monoisotopic (exact) mass is 317 g/mol. The zero-order chi connectivity index (χ0) is 16.2. The number of carbonyl (C=O) groups excluding carboxylic acids is 1. The molecule has 0 spiro atoms. The number of amides is 1. The van der Waals surface area contributed by atoms with Crippen LogP contribution in [-0.4, -0.2) is 30.8 Å². The van der Waals surface area contributed by atoms with Gasteiger partial charge in [0, 0.05) is 12.6 Å². The SMILES string of the molecule is CC1CC(C(=O)NCc2ccc(OCC(F)(F)F)cc2)NN1. The van der Waals surface area contributed by atoms with Gasteiger partial charge in [-0.05, 0) is 31.0 Å². The molecule has 1 aliphatic heterocycles. The highest BCUT2D eigenvalue weighted by molar-refractivity contribution is 5.82. The Morgan fingerprint density at radius 2 is 2.00 bits per heavy atom. The number of rotatable bonds is 5. The van der Waals surface area contributed by atoms with Gasteiger partial charge >= 0.3 is 6.18 Å². The lowest BCUT2D eigenvalue weighted by molar-refractivity contribution is -0.153. The molecule has 1 saturated heterocycles. The first-order valence-corrected chi connectivity index (χ1v) is 6.91. The third kappa shape index (κ3) is 5.19. The van der Waals surface area contributed by atoms with E-state index in [4.69, 9.17) is 0 Å². The topological polar surface area (TPSA) is 62.4 Å². The van der Waals surface area contributed by atoms with Crippen LogP contribution in [0.1, 0.15) is 18.9 Å². The molecule has 1 aromatic rings.